The van der Waals surface area contributed by atoms with Gasteiger partial charge in [-0.3, -0.25) is 4.79 Å². The molecule has 0 aliphatic heterocycles. The van der Waals surface area contributed by atoms with Crippen LogP contribution < -0.4 is 10.6 Å². The Balaban J connectivity index is 1.98. The number of carbonyl (C=O) groups is 1. The van der Waals surface area contributed by atoms with Crippen LogP contribution in [0.2, 0.25) is 0 Å². The summed E-state index contributed by atoms with van der Waals surface area (Å²) < 4.78 is 0. The molecule has 0 saturated heterocycles. The Kier molecular flexibility index (Phi) is 5.53. The fraction of sp³-hybridized carbons (Fsp3) is 0.688. The van der Waals surface area contributed by atoms with E-state index in [-0.39, 0.29) is 5.91 Å². The number of aryl methyl sites for hydroxylation is 1. The van der Waals surface area contributed by atoms with Crippen molar-refractivity contribution >= 4 is 11.9 Å². The number of nitrogens with zero attached hydrogens (tertiary/aromatic N) is 2. The highest BCUT2D eigenvalue weighted by molar-refractivity contribution is 5.92. The molecule has 0 spiro atoms. The fourth-order valence-corrected chi connectivity index (χ4v) is 2.57. The number of hydrogen-bond donors (Lipinski definition) is 2. The second-order valence-electron chi connectivity index (χ2n) is 6.28. The predicted molar refractivity (Wildman–Crippen MR) is 84.4 cm³/mol. The zero-order valence-corrected chi connectivity index (χ0v) is 13.3. The Morgan fingerprint density at radius 1 is 1.33 bits per heavy atom. The van der Waals surface area contributed by atoms with Gasteiger partial charge in [0.2, 0.25) is 5.95 Å². The van der Waals surface area contributed by atoms with Crippen molar-refractivity contribution in [2.75, 3.05) is 11.9 Å². The van der Waals surface area contributed by atoms with Gasteiger partial charge < -0.3 is 10.6 Å². The van der Waals surface area contributed by atoms with Crippen LogP contribution in [0.3, 0.4) is 0 Å². The molecular formula is C16H26N4O. The molecular weight excluding hydrogens is 264 g/mol. The molecule has 1 aliphatic carbocycles. The van der Waals surface area contributed by atoms with E-state index < -0.39 is 0 Å². The number of anilines is 1. The van der Waals surface area contributed by atoms with Crippen LogP contribution in [0.15, 0.2) is 6.07 Å². The van der Waals surface area contributed by atoms with Gasteiger partial charge in [-0.25, -0.2) is 9.97 Å². The molecule has 0 bridgehead atoms. The molecule has 1 heterocycles. The lowest BCUT2D eigenvalue weighted by Crippen LogP contribution is -2.27. The standard InChI is InChI=1S/C16H26N4O/c1-11(2)8-9-17-15(21)14-10-12(3)18-16(20-14)19-13-6-4-5-7-13/h10-11,13H,4-9H2,1-3H3,(H,17,21)(H,18,19,20). The number of hydrogen-bond acceptors (Lipinski definition) is 4. The normalized spacial score (nSPS) is 15.4. The Morgan fingerprint density at radius 2 is 2.05 bits per heavy atom. The molecule has 116 valence electrons. The Morgan fingerprint density at radius 3 is 2.71 bits per heavy atom. The summed E-state index contributed by atoms with van der Waals surface area (Å²) in [6.45, 7) is 6.87. The lowest BCUT2D eigenvalue weighted by atomic mass is 10.1. The molecule has 1 aromatic rings. The zero-order valence-electron chi connectivity index (χ0n) is 13.3. The van der Waals surface area contributed by atoms with E-state index >= 15 is 0 Å². The van der Waals surface area contributed by atoms with Crippen LogP contribution in [0.4, 0.5) is 5.95 Å². The third-order valence-electron chi connectivity index (χ3n) is 3.78. The number of amides is 1. The van der Waals surface area contributed by atoms with Crippen molar-refractivity contribution < 1.29 is 4.79 Å². The number of carbonyl (C=O) groups excluding carboxylic acids is 1. The number of nitrogens with one attached hydrogen (secondary N) is 2. The third-order valence-corrected chi connectivity index (χ3v) is 3.78. The SMILES string of the molecule is Cc1cc(C(=O)NCCC(C)C)nc(NC2CCCC2)n1. The van der Waals surface area contributed by atoms with Gasteiger partial charge in [-0.15, -0.1) is 0 Å². The third kappa shape index (κ3) is 4.99. The molecule has 5 nitrogen and oxygen atoms in total. The largest absolute Gasteiger partial charge is 0.351 e. The minimum absolute atomic E-state index is 0.115. The van der Waals surface area contributed by atoms with Gasteiger partial charge in [-0.05, 0) is 38.2 Å². The summed E-state index contributed by atoms with van der Waals surface area (Å²) >= 11 is 0. The van der Waals surface area contributed by atoms with Crippen LogP contribution in [0, 0.1) is 12.8 Å². The molecule has 5 heteroatoms. The zero-order chi connectivity index (χ0) is 15.2. The highest BCUT2D eigenvalue weighted by Crippen LogP contribution is 2.20. The highest BCUT2D eigenvalue weighted by atomic mass is 16.1. The summed E-state index contributed by atoms with van der Waals surface area (Å²) in [5.41, 5.74) is 1.27. The van der Waals surface area contributed by atoms with Gasteiger partial charge in [-0.2, -0.15) is 0 Å². The lowest BCUT2D eigenvalue weighted by molar-refractivity contribution is 0.0947. The van der Waals surface area contributed by atoms with Gasteiger partial charge in [0.15, 0.2) is 0 Å². The molecule has 1 amide bonds. The first kappa shape index (κ1) is 15.7. The first-order chi connectivity index (χ1) is 10.0. The molecule has 2 rings (SSSR count). The van der Waals surface area contributed by atoms with E-state index in [1.54, 1.807) is 6.07 Å². The van der Waals surface area contributed by atoms with Crippen LogP contribution in [0.1, 0.15) is 62.1 Å². The van der Waals surface area contributed by atoms with Crippen molar-refractivity contribution in [1.82, 2.24) is 15.3 Å². The van der Waals surface area contributed by atoms with Crippen molar-refractivity contribution in [1.29, 1.82) is 0 Å². The van der Waals surface area contributed by atoms with Gasteiger partial charge in [-0.1, -0.05) is 26.7 Å². The maximum absolute atomic E-state index is 12.1. The molecule has 21 heavy (non-hydrogen) atoms. The molecule has 1 aromatic heterocycles. The average molecular weight is 290 g/mol. The van der Waals surface area contributed by atoms with Gasteiger partial charge in [0.25, 0.3) is 5.91 Å². The Hall–Kier alpha value is -1.65. The van der Waals surface area contributed by atoms with E-state index in [2.05, 4.69) is 34.4 Å². The minimum atomic E-state index is -0.115. The molecule has 0 unspecified atom stereocenters. The summed E-state index contributed by atoms with van der Waals surface area (Å²) in [7, 11) is 0. The van der Waals surface area contributed by atoms with Crippen LogP contribution in [-0.2, 0) is 0 Å². The quantitative estimate of drug-likeness (QED) is 0.845. The van der Waals surface area contributed by atoms with Crippen molar-refractivity contribution in [2.24, 2.45) is 5.92 Å². The van der Waals surface area contributed by atoms with Crippen molar-refractivity contribution in [2.45, 2.75) is 58.9 Å². The van der Waals surface area contributed by atoms with Crippen LogP contribution in [0.25, 0.3) is 0 Å². The van der Waals surface area contributed by atoms with Gasteiger partial charge in [0.05, 0.1) is 0 Å². The van der Waals surface area contributed by atoms with E-state index in [1.807, 2.05) is 6.92 Å². The monoisotopic (exact) mass is 290 g/mol. The molecule has 0 aromatic carbocycles. The second kappa shape index (κ2) is 7.38. The van der Waals surface area contributed by atoms with Crippen LogP contribution in [0.5, 0.6) is 0 Å². The maximum atomic E-state index is 12.1. The van der Waals surface area contributed by atoms with E-state index in [9.17, 15) is 4.79 Å². The summed E-state index contributed by atoms with van der Waals surface area (Å²) in [4.78, 5) is 20.9. The molecule has 1 aliphatic rings. The predicted octanol–water partition coefficient (Wildman–Crippen LogP) is 2.92. The van der Waals surface area contributed by atoms with Gasteiger partial charge in [0, 0.05) is 18.3 Å². The Labute approximate surface area is 127 Å². The van der Waals surface area contributed by atoms with E-state index in [4.69, 9.17) is 0 Å². The maximum Gasteiger partial charge on any atom is 0.270 e. The van der Waals surface area contributed by atoms with Crippen LogP contribution in [-0.4, -0.2) is 28.5 Å². The summed E-state index contributed by atoms with van der Waals surface area (Å²) in [6, 6.07) is 2.19. The highest BCUT2D eigenvalue weighted by Gasteiger charge is 2.17. The smallest absolute Gasteiger partial charge is 0.270 e. The van der Waals surface area contributed by atoms with Crippen LogP contribution >= 0.6 is 0 Å². The van der Waals surface area contributed by atoms with Crippen molar-refractivity contribution in [3.05, 3.63) is 17.5 Å². The Bertz CT molecular complexity index is 481. The number of aromatic nitrogens is 2. The first-order valence-corrected chi connectivity index (χ1v) is 7.95. The van der Waals surface area contributed by atoms with E-state index in [0.29, 0.717) is 30.1 Å². The number of rotatable bonds is 6. The van der Waals surface area contributed by atoms with E-state index in [1.165, 1.54) is 12.8 Å². The lowest BCUT2D eigenvalue weighted by Gasteiger charge is -2.13. The summed E-state index contributed by atoms with van der Waals surface area (Å²) in [5, 5.41) is 6.27. The minimum Gasteiger partial charge on any atom is -0.351 e. The molecule has 1 saturated carbocycles. The summed E-state index contributed by atoms with van der Waals surface area (Å²) in [5.74, 6) is 1.04. The topological polar surface area (TPSA) is 66.9 Å². The molecule has 0 radical (unpaired) electrons. The molecule has 1 fully saturated rings. The van der Waals surface area contributed by atoms with Crippen molar-refractivity contribution in [3.8, 4) is 0 Å². The van der Waals surface area contributed by atoms with Gasteiger partial charge in [0.1, 0.15) is 5.69 Å². The molecule has 2 N–H and O–H groups in total. The summed E-state index contributed by atoms with van der Waals surface area (Å²) in [6.07, 6.45) is 5.81. The van der Waals surface area contributed by atoms with Crippen molar-refractivity contribution in [3.63, 3.8) is 0 Å². The first-order valence-electron chi connectivity index (χ1n) is 7.95. The molecule has 0 atom stereocenters. The fourth-order valence-electron chi connectivity index (χ4n) is 2.57. The van der Waals surface area contributed by atoms with Gasteiger partial charge >= 0.3 is 0 Å². The average Bonchev–Trinajstić information content (AvgIpc) is 2.90. The van der Waals surface area contributed by atoms with E-state index in [0.717, 1.165) is 25.0 Å². The second-order valence-corrected chi connectivity index (χ2v) is 6.28.